The number of rotatable bonds is 3. The summed E-state index contributed by atoms with van der Waals surface area (Å²) in [5.74, 6) is 0.335. The highest BCUT2D eigenvalue weighted by Crippen LogP contribution is 2.12. The van der Waals surface area contributed by atoms with Crippen molar-refractivity contribution < 1.29 is 0 Å². The summed E-state index contributed by atoms with van der Waals surface area (Å²) in [6, 6.07) is 23.8. The lowest BCUT2D eigenvalue weighted by Gasteiger charge is -2.13. The molecule has 30 heavy (non-hydrogen) atoms. The molecule has 0 N–H and O–H groups in total. The first-order valence-corrected chi connectivity index (χ1v) is 9.44. The van der Waals surface area contributed by atoms with Crippen molar-refractivity contribution in [3.63, 3.8) is 0 Å². The number of para-hydroxylation sites is 2. The molecule has 6 heteroatoms. The van der Waals surface area contributed by atoms with Crippen LogP contribution in [-0.2, 0) is 0 Å². The van der Waals surface area contributed by atoms with Crippen molar-refractivity contribution in [1.82, 2.24) is 19.3 Å². The molecule has 0 bridgehead atoms. The van der Waals surface area contributed by atoms with Crippen molar-refractivity contribution >= 4 is 34.0 Å². The van der Waals surface area contributed by atoms with Gasteiger partial charge in [-0.15, -0.1) is 0 Å². The fourth-order valence-corrected chi connectivity index (χ4v) is 3.39. The van der Waals surface area contributed by atoms with Gasteiger partial charge in [-0.1, -0.05) is 60.7 Å². The summed E-state index contributed by atoms with van der Waals surface area (Å²) in [5.41, 5.74) is 1.41. The molecule has 0 fully saturated rings. The maximum absolute atomic E-state index is 13.4. The first-order chi connectivity index (χ1) is 14.7. The van der Waals surface area contributed by atoms with Gasteiger partial charge in [0.05, 0.1) is 21.8 Å². The van der Waals surface area contributed by atoms with E-state index in [9.17, 15) is 9.59 Å². The van der Waals surface area contributed by atoms with Gasteiger partial charge in [0.1, 0.15) is 6.33 Å². The Bertz CT molecular complexity index is 1530. The number of nitrogens with zero attached hydrogens (tertiary/aromatic N) is 4. The average Bonchev–Trinajstić information content (AvgIpc) is 2.80. The summed E-state index contributed by atoms with van der Waals surface area (Å²) in [5, 5.41) is 0.854. The number of fused-ring (bicyclic) bond motifs is 2. The van der Waals surface area contributed by atoms with Crippen molar-refractivity contribution in [1.29, 1.82) is 0 Å². The molecule has 0 aliphatic heterocycles. The van der Waals surface area contributed by atoms with E-state index in [0.717, 1.165) is 5.56 Å². The summed E-state index contributed by atoms with van der Waals surface area (Å²) in [4.78, 5) is 35.5. The summed E-state index contributed by atoms with van der Waals surface area (Å²) in [6.07, 6.45) is 4.94. The molecule has 0 spiro atoms. The van der Waals surface area contributed by atoms with Crippen LogP contribution in [0.5, 0.6) is 0 Å². The van der Waals surface area contributed by atoms with E-state index < -0.39 is 0 Å². The standard InChI is InChI=1S/C24H16N4O2/c29-23-18-10-4-6-12-20(18)25-16-27(23)28-22(15-14-17-8-2-1-3-9-17)26-21-13-7-5-11-19(21)24(28)30/h1-16H/b15-14+. The molecule has 0 radical (unpaired) electrons. The van der Waals surface area contributed by atoms with Gasteiger partial charge in [0.25, 0.3) is 11.1 Å². The summed E-state index contributed by atoms with van der Waals surface area (Å²) >= 11 is 0. The molecular formula is C24H16N4O2. The monoisotopic (exact) mass is 392 g/mol. The van der Waals surface area contributed by atoms with Gasteiger partial charge in [0.2, 0.25) is 0 Å². The van der Waals surface area contributed by atoms with Crippen LogP contribution < -0.4 is 11.1 Å². The summed E-state index contributed by atoms with van der Waals surface area (Å²) < 4.78 is 2.48. The predicted octanol–water partition coefficient (Wildman–Crippen LogP) is 3.59. The fourth-order valence-electron chi connectivity index (χ4n) is 3.39. The molecule has 3 aromatic carbocycles. The Balaban J connectivity index is 1.81. The van der Waals surface area contributed by atoms with E-state index in [1.807, 2.05) is 48.5 Å². The zero-order valence-electron chi connectivity index (χ0n) is 15.8. The van der Waals surface area contributed by atoms with Crippen LogP contribution >= 0.6 is 0 Å². The van der Waals surface area contributed by atoms with Crippen molar-refractivity contribution in [2.75, 3.05) is 0 Å². The molecule has 0 saturated carbocycles. The van der Waals surface area contributed by atoms with Gasteiger partial charge in [-0.05, 0) is 35.9 Å². The molecule has 5 aromatic rings. The van der Waals surface area contributed by atoms with Gasteiger partial charge in [0, 0.05) is 0 Å². The van der Waals surface area contributed by atoms with Crippen LogP contribution in [0, 0.1) is 0 Å². The maximum Gasteiger partial charge on any atom is 0.281 e. The van der Waals surface area contributed by atoms with E-state index >= 15 is 0 Å². The van der Waals surface area contributed by atoms with Gasteiger partial charge < -0.3 is 0 Å². The Morgan fingerprint density at radius 1 is 0.667 bits per heavy atom. The molecule has 5 rings (SSSR count). The van der Waals surface area contributed by atoms with Gasteiger partial charge >= 0.3 is 0 Å². The largest absolute Gasteiger partial charge is 0.281 e. The van der Waals surface area contributed by atoms with Crippen LogP contribution in [0.15, 0.2) is 94.8 Å². The van der Waals surface area contributed by atoms with Crippen molar-refractivity contribution in [3.8, 4) is 0 Å². The minimum Gasteiger partial charge on any atom is -0.267 e. The zero-order valence-corrected chi connectivity index (χ0v) is 15.8. The highest BCUT2D eigenvalue weighted by molar-refractivity contribution is 5.80. The topological polar surface area (TPSA) is 69.8 Å². The normalized spacial score (nSPS) is 11.5. The third-order valence-electron chi connectivity index (χ3n) is 4.87. The molecule has 0 aliphatic carbocycles. The van der Waals surface area contributed by atoms with Crippen LogP contribution in [0.25, 0.3) is 34.0 Å². The van der Waals surface area contributed by atoms with E-state index in [-0.39, 0.29) is 11.1 Å². The van der Waals surface area contributed by atoms with E-state index in [1.54, 1.807) is 42.5 Å². The van der Waals surface area contributed by atoms with E-state index in [0.29, 0.717) is 27.6 Å². The second-order valence-corrected chi connectivity index (χ2v) is 6.76. The first kappa shape index (κ1) is 17.8. The third-order valence-corrected chi connectivity index (χ3v) is 4.87. The van der Waals surface area contributed by atoms with Crippen LogP contribution in [0.3, 0.4) is 0 Å². The van der Waals surface area contributed by atoms with E-state index in [2.05, 4.69) is 9.97 Å². The zero-order chi connectivity index (χ0) is 20.5. The lowest BCUT2D eigenvalue weighted by molar-refractivity contribution is 0.586. The van der Waals surface area contributed by atoms with E-state index in [4.69, 9.17) is 0 Å². The molecular weight excluding hydrogens is 376 g/mol. The lowest BCUT2D eigenvalue weighted by atomic mass is 10.2. The fraction of sp³-hybridized carbons (Fsp3) is 0. The van der Waals surface area contributed by atoms with Crippen molar-refractivity contribution in [2.45, 2.75) is 0 Å². The number of hydrogen-bond donors (Lipinski definition) is 0. The quantitative estimate of drug-likeness (QED) is 0.471. The second-order valence-electron chi connectivity index (χ2n) is 6.76. The van der Waals surface area contributed by atoms with Crippen LogP contribution in [0.1, 0.15) is 11.4 Å². The average molecular weight is 392 g/mol. The van der Waals surface area contributed by atoms with Crippen LogP contribution in [0.4, 0.5) is 0 Å². The maximum atomic E-state index is 13.4. The van der Waals surface area contributed by atoms with Gasteiger partial charge in [-0.25, -0.2) is 9.97 Å². The highest BCUT2D eigenvalue weighted by Gasteiger charge is 2.13. The number of benzene rings is 3. The molecule has 0 saturated heterocycles. The SMILES string of the molecule is O=c1c2ccccc2ncn1-n1c(/C=C/c2ccccc2)nc2ccccc2c1=O. The molecule has 2 aromatic heterocycles. The van der Waals surface area contributed by atoms with Crippen LogP contribution in [-0.4, -0.2) is 19.3 Å². The van der Waals surface area contributed by atoms with E-state index in [1.165, 1.54) is 15.7 Å². The first-order valence-electron chi connectivity index (χ1n) is 9.44. The molecule has 0 amide bonds. The predicted molar refractivity (Wildman–Crippen MR) is 118 cm³/mol. The summed E-state index contributed by atoms with van der Waals surface area (Å²) in [6.45, 7) is 0. The molecule has 0 unspecified atom stereocenters. The third kappa shape index (κ3) is 3.00. The number of hydrogen-bond acceptors (Lipinski definition) is 4. The van der Waals surface area contributed by atoms with Crippen molar-refractivity contribution in [2.24, 2.45) is 0 Å². The van der Waals surface area contributed by atoms with Crippen molar-refractivity contribution in [3.05, 3.63) is 117 Å². The van der Waals surface area contributed by atoms with Gasteiger partial charge in [0.15, 0.2) is 5.82 Å². The molecule has 144 valence electrons. The Kier molecular flexibility index (Phi) is 4.29. The Morgan fingerprint density at radius 3 is 2.07 bits per heavy atom. The highest BCUT2D eigenvalue weighted by atomic mass is 16.2. The summed E-state index contributed by atoms with van der Waals surface area (Å²) in [7, 11) is 0. The van der Waals surface area contributed by atoms with Gasteiger partial charge in [-0.3, -0.25) is 9.59 Å². The minimum atomic E-state index is -0.340. The minimum absolute atomic E-state index is 0.335. The molecule has 0 aliphatic rings. The van der Waals surface area contributed by atoms with Crippen LogP contribution in [0.2, 0.25) is 0 Å². The molecule has 0 atom stereocenters. The molecule has 2 heterocycles. The van der Waals surface area contributed by atoms with Gasteiger partial charge in [-0.2, -0.15) is 9.35 Å². The number of aromatic nitrogens is 4. The Labute approximate surface area is 171 Å². The molecule has 6 nitrogen and oxygen atoms in total. The Hall–Kier alpha value is -4.32. The Morgan fingerprint density at radius 2 is 1.30 bits per heavy atom. The smallest absolute Gasteiger partial charge is 0.267 e. The lowest BCUT2D eigenvalue weighted by Crippen LogP contribution is -2.37. The second kappa shape index (κ2) is 7.25.